The van der Waals surface area contributed by atoms with Gasteiger partial charge in [0, 0.05) is 12.5 Å². The van der Waals surface area contributed by atoms with Crippen LogP contribution in [0.15, 0.2) is 91.0 Å². The number of carbonyl (C=O) groups excluding carboxylic acids is 1. The van der Waals surface area contributed by atoms with Crippen LogP contribution in [0.25, 0.3) is 0 Å². The Labute approximate surface area is 172 Å². The molecule has 1 aliphatic rings. The average Bonchev–Trinajstić information content (AvgIpc) is 3.53. The van der Waals surface area contributed by atoms with Crippen molar-refractivity contribution in [2.75, 3.05) is 13.7 Å². The highest BCUT2D eigenvalue weighted by Gasteiger charge is 2.60. The van der Waals surface area contributed by atoms with Gasteiger partial charge in [-0.2, -0.15) is 0 Å². The van der Waals surface area contributed by atoms with Crippen molar-refractivity contribution in [1.82, 2.24) is 5.32 Å². The Kier molecular flexibility index (Phi) is 5.77. The van der Waals surface area contributed by atoms with Gasteiger partial charge in [0.15, 0.2) is 0 Å². The fraction of sp³-hybridized carbons (Fsp3) is 0.269. The lowest BCUT2D eigenvalue weighted by Gasteiger charge is -2.22. The molecule has 1 aliphatic carbocycles. The summed E-state index contributed by atoms with van der Waals surface area (Å²) >= 11 is 0. The summed E-state index contributed by atoms with van der Waals surface area (Å²) in [5.41, 5.74) is 3.37. The third kappa shape index (κ3) is 4.10. The van der Waals surface area contributed by atoms with Gasteiger partial charge in [-0.25, -0.2) is 0 Å². The molecule has 0 saturated heterocycles. The standard InChI is InChI=1S/C26H27NO2/c1-29-19-23(17-20-11-5-2-6-12-20)27-25(28)24-18-26(24,21-13-7-3-8-14-21)22-15-9-4-10-16-22/h2-16,23-24H,17-19H2,1H3,(H,27,28)/t23-,24?/m0/s1. The average molecular weight is 386 g/mol. The second-order valence-corrected chi connectivity index (χ2v) is 7.81. The topological polar surface area (TPSA) is 38.3 Å². The first kappa shape index (κ1) is 19.4. The van der Waals surface area contributed by atoms with E-state index in [2.05, 4.69) is 66.0 Å². The van der Waals surface area contributed by atoms with Crippen molar-refractivity contribution in [2.24, 2.45) is 5.92 Å². The van der Waals surface area contributed by atoms with E-state index in [9.17, 15) is 4.79 Å². The van der Waals surface area contributed by atoms with Gasteiger partial charge in [-0.3, -0.25) is 4.79 Å². The van der Waals surface area contributed by atoms with Crippen LogP contribution in [0.1, 0.15) is 23.1 Å². The van der Waals surface area contributed by atoms with Crippen LogP contribution in [-0.2, 0) is 21.4 Å². The van der Waals surface area contributed by atoms with Crippen molar-refractivity contribution < 1.29 is 9.53 Å². The lowest BCUT2D eigenvalue weighted by atomic mass is 9.85. The maximum absolute atomic E-state index is 13.3. The summed E-state index contributed by atoms with van der Waals surface area (Å²) in [5, 5.41) is 3.26. The van der Waals surface area contributed by atoms with Gasteiger partial charge in [-0.15, -0.1) is 0 Å². The lowest BCUT2D eigenvalue weighted by Crippen LogP contribution is -2.41. The second-order valence-electron chi connectivity index (χ2n) is 7.81. The zero-order valence-corrected chi connectivity index (χ0v) is 16.8. The van der Waals surface area contributed by atoms with E-state index in [1.165, 1.54) is 16.7 Å². The highest BCUT2D eigenvalue weighted by Crippen LogP contribution is 2.58. The van der Waals surface area contributed by atoms with Crippen LogP contribution >= 0.6 is 0 Å². The summed E-state index contributed by atoms with van der Waals surface area (Å²) in [6.45, 7) is 0.497. The summed E-state index contributed by atoms with van der Waals surface area (Å²) in [6, 6.07) is 31.0. The van der Waals surface area contributed by atoms with E-state index in [0.29, 0.717) is 6.61 Å². The van der Waals surface area contributed by atoms with Gasteiger partial charge in [0.05, 0.1) is 18.6 Å². The summed E-state index contributed by atoms with van der Waals surface area (Å²) in [4.78, 5) is 13.3. The molecule has 0 aromatic heterocycles. The van der Waals surface area contributed by atoms with Crippen LogP contribution < -0.4 is 5.32 Å². The first-order valence-electron chi connectivity index (χ1n) is 10.2. The predicted octanol–water partition coefficient (Wildman–Crippen LogP) is 4.37. The Morgan fingerprint density at radius 2 is 1.45 bits per heavy atom. The van der Waals surface area contributed by atoms with Gasteiger partial charge < -0.3 is 10.1 Å². The summed E-state index contributed by atoms with van der Waals surface area (Å²) in [7, 11) is 1.68. The van der Waals surface area contributed by atoms with Crippen LogP contribution in [0, 0.1) is 5.92 Å². The number of rotatable bonds is 8. The number of methoxy groups -OCH3 is 1. The molecule has 3 aromatic carbocycles. The van der Waals surface area contributed by atoms with E-state index in [1.807, 2.05) is 30.3 Å². The molecule has 0 bridgehead atoms. The van der Waals surface area contributed by atoms with Gasteiger partial charge in [0.1, 0.15) is 0 Å². The van der Waals surface area contributed by atoms with Crippen LogP contribution in [0.3, 0.4) is 0 Å². The SMILES string of the molecule is COC[C@H](Cc1ccccc1)NC(=O)C1CC1(c1ccccc1)c1ccccc1. The van der Waals surface area contributed by atoms with Gasteiger partial charge in [-0.05, 0) is 29.5 Å². The highest BCUT2D eigenvalue weighted by atomic mass is 16.5. The van der Waals surface area contributed by atoms with Gasteiger partial charge in [0.25, 0.3) is 0 Å². The van der Waals surface area contributed by atoms with E-state index in [0.717, 1.165) is 12.8 Å². The molecule has 1 N–H and O–H groups in total. The first-order valence-corrected chi connectivity index (χ1v) is 10.2. The number of ether oxygens (including phenoxy) is 1. The van der Waals surface area contributed by atoms with Gasteiger partial charge in [-0.1, -0.05) is 91.0 Å². The van der Waals surface area contributed by atoms with Crippen LogP contribution in [0.4, 0.5) is 0 Å². The van der Waals surface area contributed by atoms with Crippen molar-refractivity contribution in [3.8, 4) is 0 Å². The maximum Gasteiger partial charge on any atom is 0.224 e. The van der Waals surface area contributed by atoms with E-state index < -0.39 is 0 Å². The Morgan fingerprint density at radius 3 is 1.97 bits per heavy atom. The second kappa shape index (κ2) is 8.62. The van der Waals surface area contributed by atoms with E-state index >= 15 is 0 Å². The minimum Gasteiger partial charge on any atom is -0.383 e. The zero-order chi connectivity index (χ0) is 20.1. The number of benzene rings is 3. The maximum atomic E-state index is 13.3. The molecule has 1 fully saturated rings. The van der Waals surface area contributed by atoms with E-state index in [1.54, 1.807) is 7.11 Å². The number of carbonyl (C=O) groups is 1. The van der Waals surface area contributed by atoms with Crippen LogP contribution in [-0.4, -0.2) is 25.7 Å². The Bertz CT molecular complexity index is 885. The molecule has 3 heteroatoms. The highest BCUT2D eigenvalue weighted by molar-refractivity contribution is 5.86. The Hall–Kier alpha value is -2.91. The minimum atomic E-state index is -0.239. The number of hydrogen-bond donors (Lipinski definition) is 1. The molecule has 2 atom stereocenters. The first-order chi connectivity index (χ1) is 14.2. The molecule has 0 aliphatic heterocycles. The Balaban J connectivity index is 1.54. The zero-order valence-electron chi connectivity index (χ0n) is 16.8. The third-order valence-corrected chi connectivity index (χ3v) is 5.89. The summed E-state index contributed by atoms with van der Waals surface area (Å²) in [6.07, 6.45) is 1.59. The van der Waals surface area contributed by atoms with Gasteiger partial charge in [0.2, 0.25) is 5.91 Å². The van der Waals surface area contributed by atoms with Crippen molar-refractivity contribution in [1.29, 1.82) is 0 Å². The summed E-state index contributed by atoms with van der Waals surface area (Å²) < 4.78 is 5.38. The van der Waals surface area contributed by atoms with E-state index in [-0.39, 0.29) is 23.3 Å². The molecular weight excluding hydrogens is 358 g/mol. The van der Waals surface area contributed by atoms with Crippen LogP contribution in [0.2, 0.25) is 0 Å². The molecule has 148 valence electrons. The summed E-state index contributed by atoms with van der Waals surface area (Å²) in [5.74, 6) is 0.0399. The molecule has 3 nitrogen and oxygen atoms in total. The lowest BCUT2D eigenvalue weighted by molar-refractivity contribution is -0.123. The van der Waals surface area contributed by atoms with Crippen molar-refractivity contribution in [3.63, 3.8) is 0 Å². The molecule has 29 heavy (non-hydrogen) atoms. The molecular formula is C26H27NO2. The smallest absolute Gasteiger partial charge is 0.224 e. The molecule has 1 amide bonds. The number of nitrogens with one attached hydrogen (secondary N) is 1. The molecule has 4 rings (SSSR count). The quantitative estimate of drug-likeness (QED) is 0.625. The van der Waals surface area contributed by atoms with E-state index in [4.69, 9.17) is 4.74 Å². The predicted molar refractivity (Wildman–Crippen MR) is 116 cm³/mol. The minimum absolute atomic E-state index is 0.0419. The van der Waals surface area contributed by atoms with Crippen molar-refractivity contribution in [2.45, 2.75) is 24.3 Å². The van der Waals surface area contributed by atoms with Crippen molar-refractivity contribution >= 4 is 5.91 Å². The molecule has 0 radical (unpaired) electrons. The number of hydrogen-bond acceptors (Lipinski definition) is 2. The third-order valence-electron chi connectivity index (χ3n) is 5.89. The van der Waals surface area contributed by atoms with Crippen LogP contribution in [0.5, 0.6) is 0 Å². The molecule has 0 heterocycles. The monoisotopic (exact) mass is 385 g/mol. The fourth-order valence-corrected chi connectivity index (χ4v) is 4.41. The molecule has 1 saturated carbocycles. The fourth-order valence-electron chi connectivity index (χ4n) is 4.41. The molecule has 3 aromatic rings. The van der Waals surface area contributed by atoms with Gasteiger partial charge >= 0.3 is 0 Å². The molecule has 0 spiro atoms. The normalized spacial score (nSPS) is 18.0. The van der Waals surface area contributed by atoms with Crippen molar-refractivity contribution in [3.05, 3.63) is 108 Å². The largest absolute Gasteiger partial charge is 0.383 e. The number of amides is 1. The molecule has 1 unspecified atom stereocenters. The Morgan fingerprint density at radius 1 is 0.931 bits per heavy atom.